The Morgan fingerprint density at radius 1 is 1.12 bits per heavy atom. The fourth-order valence-corrected chi connectivity index (χ4v) is 3.34. The first-order chi connectivity index (χ1) is 11.8. The highest BCUT2D eigenvalue weighted by Crippen LogP contribution is 2.40. The lowest BCUT2D eigenvalue weighted by Gasteiger charge is -2.08. The molecule has 6 heteroatoms. The van der Waals surface area contributed by atoms with E-state index in [-0.39, 0.29) is 0 Å². The topological polar surface area (TPSA) is 64.7 Å². The molecule has 0 amide bonds. The predicted molar refractivity (Wildman–Crippen MR) is 92.2 cm³/mol. The number of aromatic nitrogens is 4. The first kappa shape index (κ1) is 14.0. The molecular formula is C18H13BrN4O. The quantitative estimate of drug-likeness (QED) is 0.682. The van der Waals surface area contributed by atoms with E-state index in [1.165, 1.54) is 24.0 Å². The van der Waals surface area contributed by atoms with Crippen molar-refractivity contribution < 1.29 is 4.42 Å². The fraction of sp³-hybridized carbons (Fsp3) is 0.222. The van der Waals surface area contributed by atoms with E-state index in [1.807, 2.05) is 18.5 Å². The molecule has 0 unspecified atom stereocenters. The van der Waals surface area contributed by atoms with Gasteiger partial charge >= 0.3 is 0 Å². The molecule has 0 spiro atoms. The summed E-state index contributed by atoms with van der Waals surface area (Å²) in [5, 5.41) is 7.91. The molecule has 1 fully saturated rings. The maximum atomic E-state index is 5.48. The maximum Gasteiger partial charge on any atom is 0.285 e. The lowest BCUT2D eigenvalue weighted by molar-refractivity contribution is 0.540. The third kappa shape index (κ3) is 2.38. The number of nitrogens with zero attached hydrogens (tertiary/aromatic N) is 4. The van der Waals surface area contributed by atoms with Crippen molar-refractivity contribution in [2.75, 3.05) is 0 Å². The number of fused-ring (bicyclic) bond motifs is 1. The van der Waals surface area contributed by atoms with Gasteiger partial charge in [-0.15, -0.1) is 10.2 Å². The normalized spacial score (nSPS) is 16.1. The van der Waals surface area contributed by atoms with Crippen LogP contribution in [-0.2, 0) is 6.42 Å². The third-order valence-electron chi connectivity index (χ3n) is 4.50. The maximum absolute atomic E-state index is 5.48. The van der Waals surface area contributed by atoms with E-state index in [1.54, 1.807) is 0 Å². The molecular weight excluding hydrogens is 368 g/mol. The molecule has 0 radical (unpaired) electrons. The molecule has 0 bridgehead atoms. The van der Waals surface area contributed by atoms with Gasteiger partial charge in [-0.05, 0) is 42.5 Å². The molecule has 2 aromatic heterocycles. The largest absolute Gasteiger partial charge is 0.411 e. The summed E-state index contributed by atoms with van der Waals surface area (Å²) in [6, 6.07) is 6.23. The van der Waals surface area contributed by atoms with Crippen molar-refractivity contribution in [2.45, 2.75) is 25.2 Å². The molecule has 2 aliphatic rings. The monoisotopic (exact) mass is 380 g/mol. The van der Waals surface area contributed by atoms with Crippen molar-refractivity contribution in [1.29, 1.82) is 0 Å². The van der Waals surface area contributed by atoms with Crippen LogP contribution < -0.4 is 0 Å². The number of hydrogen-bond donors (Lipinski definition) is 0. The first-order valence-corrected chi connectivity index (χ1v) is 8.72. The second-order valence-corrected chi connectivity index (χ2v) is 6.84. The Balaban J connectivity index is 1.56. The Bertz CT molecular complexity index is 975. The Morgan fingerprint density at radius 2 is 2.04 bits per heavy atom. The summed E-state index contributed by atoms with van der Waals surface area (Å²) in [7, 11) is 0. The summed E-state index contributed by atoms with van der Waals surface area (Å²) >= 11 is 3.20. The third-order valence-corrected chi connectivity index (χ3v) is 4.82. The van der Waals surface area contributed by atoms with Gasteiger partial charge in [-0.1, -0.05) is 12.1 Å². The van der Waals surface area contributed by atoms with E-state index in [2.05, 4.69) is 49.3 Å². The zero-order valence-electron chi connectivity index (χ0n) is 12.7. The van der Waals surface area contributed by atoms with Gasteiger partial charge in [0.2, 0.25) is 5.89 Å². The standard InChI is InChI=1S/C18H13BrN4O/c19-18-23-22-17(24-18)12-4-1-10-5-6-13(14(10)7-12)16-9-20-8-15(21-16)11-2-3-11/h1,4,6-9,11H,2-3,5H2. The zero-order valence-corrected chi connectivity index (χ0v) is 14.3. The molecule has 1 aromatic carbocycles. The molecule has 5 nitrogen and oxygen atoms in total. The second-order valence-electron chi connectivity index (χ2n) is 6.16. The molecule has 0 aliphatic heterocycles. The Labute approximate surface area is 147 Å². The van der Waals surface area contributed by atoms with Crippen LogP contribution in [0.25, 0.3) is 17.0 Å². The summed E-state index contributed by atoms with van der Waals surface area (Å²) in [6.07, 6.45) is 9.33. The lowest BCUT2D eigenvalue weighted by Crippen LogP contribution is -1.96. The Hall–Kier alpha value is -2.34. The van der Waals surface area contributed by atoms with Gasteiger partial charge in [0.05, 0.1) is 17.6 Å². The van der Waals surface area contributed by atoms with Gasteiger partial charge in [0.1, 0.15) is 0 Å². The van der Waals surface area contributed by atoms with Crippen molar-refractivity contribution in [3.8, 4) is 11.5 Å². The summed E-state index contributed by atoms with van der Waals surface area (Å²) in [5.74, 6) is 1.11. The predicted octanol–water partition coefficient (Wildman–Crippen LogP) is 4.15. The van der Waals surface area contributed by atoms with Gasteiger partial charge in [-0.2, -0.15) is 0 Å². The van der Waals surface area contributed by atoms with Gasteiger partial charge < -0.3 is 4.42 Å². The summed E-state index contributed by atoms with van der Waals surface area (Å²) in [6.45, 7) is 0. The molecule has 2 aliphatic carbocycles. The number of halogens is 1. The van der Waals surface area contributed by atoms with Crippen LogP contribution in [0.1, 0.15) is 41.3 Å². The number of rotatable bonds is 3. The number of allylic oxidation sites excluding steroid dienone is 1. The van der Waals surface area contributed by atoms with E-state index in [9.17, 15) is 0 Å². The van der Waals surface area contributed by atoms with Crippen LogP contribution in [0.2, 0.25) is 0 Å². The fourth-order valence-electron chi connectivity index (χ4n) is 3.11. The molecule has 24 heavy (non-hydrogen) atoms. The van der Waals surface area contributed by atoms with E-state index in [4.69, 9.17) is 9.40 Å². The van der Waals surface area contributed by atoms with Crippen molar-refractivity contribution in [1.82, 2.24) is 20.2 Å². The van der Waals surface area contributed by atoms with Crippen molar-refractivity contribution >= 4 is 21.5 Å². The SMILES string of the molecule is Brc1nnc(-c2ccc3c(c2)C(c2cncc(C4CC4)n2)=CC3)o1. The molecule has 0 N–H and O–H groups in total. The van der Waals surface area contributed by atoms with Crippen LogP contribution in [-0.4, -0.2) is 20.2 Å². The summed E-state index contributed by atoms with van der Waals surface area (Å²) < 4.78 is 5.48. The van der Waals surface area contributed by atoms with Crippen molar-refractivity contribution in [2.24, 2.45) is 0 Å². The lowest BCUT2D eigenvalue weighted by atomic mass is 10.0. The average molecular weight is 381 g/mol. The van der Waals surface area contributed by atoms with Crippen LogP contribution in [0, 0.1) is 0 Å². The minimum Gasteiger partial charge on any atom is -0.411 e. The molecule has 5 rings (SSSR count). The molecule has 118 valence electrons. The van der Waals surface area contributed by atoms with Crippen LogP contribution in [0.3, 0.4) is 0 Å². The second kappa shape index (κ2) is 5.34. The highest BCUT2D eigenvalue weighted by atomic mass is 79.9. The van der Waals surface area contributed by atoms with Gasteiger partial charge in [-0.25, -0.2) is 4.98 Å². The minimum absolute atomic E-state index is 0.386. The highest BCUT2D eigenvalue weighted by molar-refractivity contribution is 9.10. The van der Waals surface area contributed by atoms with Crippen LogP contribution in [0.5, 0.6) is 0 Å². The molecule has 3 aromatic rings. The minimum atomic E-state index is 0.386. The molecule has 0 atom stereocenters. The van der Waals surface area contributed by atoms with Crippen molar-refractivity contribution in [3.05, 3.63) is 64.0 Å². The van der Waals surface area contributed by atoms with Crippen molar-refractivity contribution in [3.63, 3.8) is 0 Å². The van der Waals surface area contributed by atoms with Gasteiger partial charge in [0.15, 0.2) is 0 Å². The van der Waals surface area contributed by atoms with E-state index < -0.39 is 0 Å². The molecule has 2 heterocycles. The van der Waals surface area contributed by atoms with Crippen LogP contribution >= 0.6 is 15.9 Å². The van der Waals surface area contributed by atoms with E-state index >= 15 is 0 Å². The zero-order chi connectivity index (χ0) is 16.1. The summed E-state index contributed by atoms with van der Waals surface area (Å²) in [5.41, 5.74) is 6.56. The highest BCUT2D eigenvalue weighted by Gasteiger charge is 2.26. The summed E-state index contributed by atoms with van der Waals surface area (Å²) in [4.78, 5) is 9.62. The first-order valence-electron chi connectivity index (χ1n) is 7.93. The molecule has 0 saturated heterocycles. The van der Waals surface area contributed by atoms with Gasteiger partial charge in [0, 0.05) is 39.2 Å². The van der Waals surface area contributed by atoms with Gasteiger partial charge in [-0.3, -0.25) is 4.98 Å². The number of hydrogen-bond acceptors (Lipinski definition) is 5. The smallest absolute Gasteiger partial charge is 0.285 e. The average Bonchev–Trinajstić information content (AvgIpc) is 3.24. The van der Waals surface area contributed by atoms with Crippen LogP contribution in [0.4, 0.5) is 0 Å². The van der Waals surface area contributed by atoms with E-state index in [0.29, 0.717) is 16.6 Å². The van der Waals surface area contributed by atoms with E-state index in [0.717, 1.165) is 28.9 Å². The Morgan fingerprint density at radius 3 is 2.83 bits per heavy atom. The van der Waals surface area contributed by atoms with Gasteiger partial charge in [0.25, 0.3) is 4.80 Å². The Kier molecular flexibility index (Phi) is 3.13. The molecule has 1 saturated carbocycles. The number of benzene rings is 1. The van der Waals surface area contributed by atoms with Crippen LogP contribution in [0.15, 0.2) is 45.9 Å².